The first-order valence-electron chi connectivity index (χ1n) is 9.10. The van der Waals surface area contributed by atoms with Crippen LogP contribution in [-0.4, -0.2) is 30.5 Å². The van der Waals surface area contributed by atoms with Gasteiger partial charge in [0.15, 0.2) is 0 Å². The number of aromatic nitrogens is 3. The number of benzene rings is 2. The molecule has 154 valence electrons. The Labute approximate surface area is 176 Å². The van der Waals surface area contributed by atoms with E-state index in [1.165, 1.54) is 4.68 Å². The van der Waals surface area contributed by atoms with Gasteiger partial charge in [-0.05, 0) is 47.7 Å². The summed E-state index contributed by atoms with van der Waals surface area (Å²) in [5.74, 6) is 0.476. The highest BCUT2D eigenvalue weighted by atomic mass is 35.5. The molecule has 29 heavy (non-hydrogen) atoms. The Bertz CT molecular complexity index is 1130. The maximum absolute atomic E-state index is 13.2. The molecule has 3 aromatic rings. The lowest BCUT2D eigenvalue weighted by Gasteiger charge is -2.19. The smallest absolute Gasteiger partial charge is 0.227 e. The van der Waals surface area contributed by atoms with Crippen LogP contribution in [0.1, 0.15) is 37.6 Å². The number of aryl methyl sites for hydroxylation is 1. The van der Waals surface area contributed by atoms with Crippen molar-refractivity contribution < 1.29 is 13.2 Å². The minimum atomic E-state index is -3.88. The van der Waals surface area contributed by atoms with Gasteiger partial charge in [-0.15, -0.1) is 16.7 Å². The Morgan fingerprint density at radius 3 is 2.31 bits per heavy atom. The third kappa shape index (κ3) is 4.02. The fraction of sp³-hybridized carbons (Fsp3) is 0.333. The first-order valence-corrected chi connectivity index (χ1v) is 11.1. The second-order valence-electron chi connectivity index (χ2n) is 7.84. The van der Waals surface area contributed by atoms with E-state index in [0.29, 0.717) is 11.4 Å². The zero-order valence-electron chi connectivity index (χ0n) is 17.1. The van der Waals surface area contributed by atoms with Crippen LogP contribution < -0.4 is 4.74 Å². The molecule has 0 aliphatic heterocycles. The molecule has 0 spiro atoms. The van der Waals surface area contributed by atoms with Crippen LogP contribution in [0.25, 0.3) is 5.69 Å². The van der Waals surface area contributed by atoms with E-state index in [1.807, 2.05) is 31.2 Å². The van der Waals surface area contributed by atoms with Crippen LogP contribution in [-0.2, 0) is 21.1 Å². The van der Waals surface area contributed by atoms with Crippen LogP contribution >= 0.6 is 11.6 Å². The first kappa shape index (κ1) is 21.3. The number of nitrogens with zero attached hydrogens (tertiary/aromatic N) is 3. The molecule has 1 aromatic heterocycles. The first-order chi connectivity index (χ1) is 13.6. The monoisotopic (exact) mass is 433 g/mol. The van der Waals surface area contributed by atoms with E-state index < -0.39 is 9.84 Å². The zero-order chi connectivity index (χ0) is 21.4. The predicted octanol–water partition coefficient (Wildman–Crippen LogP) is 4.45. The summed E-state index contributed by atoms with van der Waals surface area (Å²) in [6, 6.07) is 12.4. The predicted molar refractivity (Wildman–Crippen MR) is 113 cm³/mol. The van der Waals surface area contributed by atoms with Gasteiger partial charge in [0.25, 0.3) is 0 Å². The van der Waals surface area contributed by atoms with Gasteiger partial charge in [0.1, 0.15) is 11.4 Å². The second-order valence-corrected chi connectivity index (χ2v) is 9.97. The molecule has 0 atom stereocenters. The molecule has 3 rings (SSSR count). The van der Waals surface area contributed by atoms with Crippen molar-refractivity contribution in [3.8, 4) is 11.4 Å². The Hall–Kier alpha value is -2.38. The number of hydrogen-bond acceptors (Lipinski definition) is 5. The van der Waals surface area contributed by atoms with Crippen LogP contribution in [0.5, 0.6) is 5.75 Å². The summed E-state index contributed by atoms with van der Waals surface area (Å²) in [5.41, 5.74) is 2.81. The molecule has 0 bridgehead atoms. The number of alkyl halides is 1. The molecular weight excluding hydrogens is 410 g/mol. The number of methoxy groups -OCH3 is 1. The van der Waals surface area contributed by atoms with E-state index in [9.17, 15) is 8.42 Å². The zero-order valence-corrected chi connectivity index (χ0v) is 18.7. The van der Waals surface area contributed by atoms with Crippen molar-refractivity contribution in [2.24, 2.45) is 0 Å². The summed E-state index contributed by atoms with van der Waals surface area (Å²) in [4.78, 5) is 0.153. The lowest BCUT2D eigenvalue weighted by atomic mass is 9.87. The molecule has 1 heterocycles. The van der Waals surface area contributed by atoms with Gasteiger partial charge in [-0.2, -0.15) is 0 Å². The van der Waals surface area contributed by atoms with Gasteiger partial charge >= 0.3 is 0 Å². The van der Waals surface area contributed by atoms with Gasteiger partial charge in [-0.3, -0.25) is 0 Å². The summed E-state index contributed by atoms with van der Waals surface area (Å²) >= 11 is 6.14. The molecule has 0 N–H and O–H groups in total. The normalized spacial score (nSPS) is 12.2. The van der Waals surface area contributed by atoms with Crippen molar-refractivity contribution >= 4 is 21.4 Å². The Balaban J connectivity index is 2.12. The minimum Gasteiger partial charge on any atom is -0.494 e. The maximum atomic E-state index is 13.2. The Kier molecular flexibility index (Phi) is 5.74. The minimum absolute atomic E-state index is 0.0707. The average Bonchev–Trinajstić information content (AvgIpc) is 3.12. The van der Waals surface area contributed by atoms with E-state index in [0.717, 1.165) is 11.1 Å². The van der Waals surface area contributed by atoms with Crippen LogP contribution in [0.4, 0.5) is 0 Å². The van der Waals surface area contributed by atoms with Crippen LogP contribution in [0.2, 0.25) is 0 Å². The number of hydrogen-bond donors (Lipinski definition) is 0. The number of ether oxygens (including phenoxy) is 1. The molecule has 0 saturated heterocycles. The Morgan fingerprint density at radius 2 is 1.76 bits per heavy atom. The highest BCUT2D eigenvalue weighted by Crippen LogP contribution is 2.30. The third-order valence-corrected chi connectivity index (χ3v) is 6.67. The molecule has 0 fully saturated rings. The van der Waals surface area contributed by atoms with Crippen LogP contribution in [0.15, 0.2) is 52.4 Å². The van der Waals surface area contributed by atoms with Crippen molar-refractivity contribution in [2.45, 2.75) is 48.9 Å². The molecule has 0 aliphatic rings. The molecule has 2 aromatic carbocycles. The van der Waals surface area contributed by atoms with Gasteiger partial charge in [-0.1, -0.05) is 44.2 Å². The van der Waals surface area contributed by atoms with E-state index in [4.69, 9.17) is 16.3 Å². The lowest BCUT2D eigenvalue weighted by Crippen LogP contribution is -2.12. The van der Waals surface area contributed by atoms with Gasteiger partial charge in [0, 0.05) is 0 Å². The topological polar surface area (TPSA) is 74.1 Å². The van der Waals surface area contributed by atoms with Crippen molar-refractivity contribution in [3.05, 3.63) is 59.3 Å². The summed E-state index contributed by atoms with van der Waals surface area (Å²) in [5, 5.41) is 7.90. The fourth-order valence-corrected chi connectivity index (χ4v) is 4.66. The van der Waals surface area contributed by atoms with Gasteiger partial charge in [-0.25, -0.2) is 13.1 Å². The van der Waals surface area contributed by atoms with Gasteiger partial charge < -0.3 is 4.74 Å². The largest absolute Gasteiger partial charge is 0.494 e. The molecule has 8 heteroatoms. The quantitative estimate of drug-likeness (QED) is 0.555. The standard InChI is InChI=1S/C21H24ClN3O3S/c1-14-6-11-19(28-5)17(12-14)25-18(13-22)20(23-24-25)29(26,27)16-9-7-15(8-10-16)21(2,3)4/h6-12H,13H2,1-5H3. The Morgan fingerprint density at radius 1 is 1.10 bits per heavy atom. The summed E-state index contributed by atoms with van der Waals surface area (Å²) in [6.07, 6.45) is 0. The van der Waals surface area contributed by atoms with E-state index in [1.54, 1.807) is 25.3 Å². The maximum Gasteiger partial charge on any atom is 0.227 e. The van der Waals surface area contributed by atoms with Crippen molar-refractivity contribution in [1.29, 1.82) is 0 Å². The van der Waals surface area contributed by atoms with Crippen molar-refractivity contribution in [2.75, 3.05) is 7.11 Å². The number of sulfone groups is 1. The molecule has 0 unspecified atom stereocenters. The van der Waals surface area contributed by atoms with Gasteiger partial charge in [0.2, 0.25) is 14.9 Å². The number of halogens is 1. The summed E-state index contributed by atoms with van der Waals surface area (Å²) in [7, 11) is -2.34. The van der Waals surface area contributed by atoms with E-state index in [2.05, 4.69) is 31.1 Å². The van der Waals surface area contributed by atoms with E-state index >= 15 is 0 Å². The number of rotatable bonds is 5. The van der Waals surface area contributed by atoms with Crippen molar-refractivity contribution in [1.82, 2.24) is 15.0 Å². The molecule has 0 amide bonds. The molecule has 6 nitrogen and oxygen atoms in total. The fourth-order valence-electron chi connectivity index (χ4n) is 3.02. The lowest BCUT2D eigenvalue weighted by molar-refractivity contribution is 0.411. The highest BCUT2D eigenvalue weighted by molar-refractivity contribution is 7.91. The summed E-state index contributed by atoms with van der Waals surface area (Å²) < 4.78 is 33.3. The SMILES string of the molecule is COc1ccc(C)cc1-n1nnc(S(=O)(=O)c2ccc(C(C)(C)C)cc2)c1CCl. The highest BCUT2D eigenvalue weighted by Gasteiger charge is 2.29. The van der Waals surface area contributed by atoms with Crippen LogP contribution in [0.3, 0.4) is 0 Å². The molecule has 0 aliphatic carbocycles. The molecule has 0 radical (unpaired) electrons. The van der Waals surface area contributed by atoms with Crippen LogP contribution in [0, 0.1) is 6.92 Å². The van der Waals surface area contributed by atoms with E-state index in [-0.39, 0.29) is 26.9 Å². The molecule has 0 saturated carbocycles. The van der Waals surface area contributed by atoms with Crippen molar-refractivity contribution in [3.63, 3.8) is 0 Å². The summed E-state index contributed by atoms with van der Waals surface area (Å²) in [6.45, 7) is 8.14. The second kappa shape index (κ2) is 7.80. The average molecular weight is 434 g/mol. The van der Waals surface area contributed by atoms with Gasteiger partial charge in [0.05, 0.1) is 23.6 Å². The molecular formula is C21H24ClN3O3S. The third-order valence-electron chi connectivity index (χ3n) is 4.70.